The fraction of sp³-hybridized carbons (Fsp3) is 0.375. The summed E-state index contributed by atoms with van der Waals surface area (Å²) in [4.78, 5) is 6.51. The number of pyridine rings is 1. The lowest BCUT2D eigenvalue weighted by Crippen LogP contribution is -2.35. The van der Waals surface area contributed by atoms with E-state index in [2.05, 4.69) is 16.0 Å². The molecule has 5 nitrogen and oxygen atoms in total. The van der Waals surface area contributed by atoms with Gasteiger partial charge in [0.2, 0.25) is 0 Å². The van der Waals surface area contributed by atoms with Crippen LogP contribution in [0, 0.1) is 11.3 Å². The number of phenolic OH excluding ortho intramolecular Hbond substituents is 1. The molecule has 1 aromatic heterocycles. The molecule has 5 heteroatoms. The Bertz CT molecular complexity index is 688. The molecule has 21 heavy (non-hydrogen) atoms. The minimum atomic E-state index is 0.221. The Morgan fingerprint density at radius 2 is 2.14 bits per heavy atom. The van der Waals surface area contributed by atoms with E-state index in [9.17, 15) is 5.11 Å². The number of fused-ring (bicyclic) bond motifs is 1. The number of nitriles is 1. The molecule has 0 atom stereocenters. The summed E-state index contributed by atoms with van der Waals surface area (Å²) in [6.07, 6.45) is 1.98. The molecule has 1 aromatic carbocycles. The topological polar surface area (TPSA) is 69.4 Å². The predicted molar refractivity (Wildman–Crippen MR) is 78.8 cm³/mol. The fourth-order valence-electron chi connectivity index (χ4n) is 2.71. The third-order valence-electron chi connectivity index (χ3n) is 3.80. The van der Waals surface area contributed by atoms with Crippen molar-refractivity contribution in [3.8, 4) is 11.8 Å². The molecular weight excluding hydrogens is 266 g/mol. The molecule has 1 aliphatic rings. The van der Waals surface area contributed by atoms with Crippen LogP contribution in [0.4, 0.5) is 0 Å². The molecule has 108 valence electrons. The Kier molecular flexibility index (Phi) is 4.00. The Hall–Kier alpha value is -2.16. The maximum absolute atomic E-state index is 10.5. The highest BCUT2D eigenvalue weighted by molar-refractivity contribution is 5.88. The Balaban J connectivity index is 2.01. The van der Waals surface area contributed by atoms with Crippen molar-refractivity contribution in [3.05, 3.63) is 35.5 Å². The van der Waals surface area contributed by atoms with Crippen LogP contribution in [-0.2, 0) is 17.7 Å². The first-order chi connectivity index (χ1) is 10.3. The summed E-state index contributed by atoms with van der Waals surface area (Å²) in [5.74, 6) is 0.221. The molecular formula is C16H17N3O2. The summed E-state index contributed by atoms with van der Waals surface area (Å²) >= 11 is 0. The summed E-state index contributed by atoms with van der Waals surface area (Å²) in [6, 6.07) is 7.83. The van der Waals surface area contributed by atoms with Crippen LogP contribution in [0.1, 0.15) is 11.1 Å². The number of hydrogen-bond acceptors (Lipinski definition) is 5. The van der Waals surface area contributed by atoms with Crippen molar-refractivity contribution < 1.29 is 9.84 Å². The zero-order valence-electron chi connectivity index (χ0n) is 11.7. The number of morpholine rings is 1. The summed E-state index contributed by atoms with van der Waals surface area (Å²) < 4.78 is 5.34. The molecule has 3 rings (SSSR count). The summed E-state index contributed by atoms with van der Waals surface area (Å²) in [5, 5.41) is 20.3. The normalized spacial score (nSPS) is 16.0. The van der Waals surface area contributed by atoms with Crippen LogP contribution < -0.4 is 0 Å². The monoisotopic (exact) mass is 283 g/mol. The van der Waals surface area contributed by atoms with Gasteiger partial charge in [0.1, 0.15) is 11.3 Å². The average molecular weight is 283 g/mol. The third kappa shape index (κ3) is 2.82. The van der Waals surface area contributed by atoms with Crippen LogP contribution in [0.15, 0.2) is 24.4 Å². The van der Waals surface area contributed by atoms with E-state index >= 15 is 0 Å². The van der Waals surface area contributed by atoms with Crippen molar-refractivity contribution >= 4 is 10.9 Å². The van der Waals surface area contributed by atoms with Crippen LogP contribution >= 0.6 is 0 Å². The summed E-state index contributed by atoms with van der Waals surface area (Å²) in [7, 11) is 0. The van der Waals surface area contributed by atoms with Crippen molar-refractivity contribution in [2.24, 2.45) is 0 Å². The Morgan fingerprint density at radius 1 is 1.33 bits per heavy atom. The number of aromatic hydroxyl groups is 1. The van der Waals surface area contributed by atoms with Gasteiger partial charge in [0.05, 0.1) is 25.7 Å². The van der Waals surface area contributed by atoms with E-state index in [4.69, 9.17) is 10.00 Å². The smallest absolute Gasteiger partial charge is 0.146 e. The van der Waals surface area contributed by atoms with E-state index in [0.29, 0.717) is 18.5 Å². The fourth-order valence-corrected chi connectivity index (χ4v) is 2.71. The number of nitrogens with zero attached hydrogens (tertiary/aromatic N) is 3. The minimum absolute atomic E-state index is 0.221. The molecule has 1 aliphatic heterocycles. The predicted octanol–water partition coefficient (Wildman–Crippen LogP) is 1.84. The van der Waals surface area contributed by atoms with Crippen LogP contribution in [0.25, 0.3) is 10.9 Å². The number of rotatable bonds is 3. The molecule has 0 amide bonds. The molecule has 2 heterocycles. The van der Waals surface area contributed by atoms with Gasteiger partial charge in [0, 0.05) is 36.8 Å². The van der Waals surface area contributed by atoms with E-state index in [0.717, 1.165) is 42.8 Å². The lowest BCUT2D eigenvalue weighted by atomic mass is 10.0. The molecule has 0 spiro atoms. The van der Waals surface area contributed by atoms with E-state index in [1.54, 1.807) is 6.20 Å². The quantitative estimate of drug-likeness (QED) is 0.930. The van der Waals surface area contributed by atoms with E-state index < -0.39 is 0 Å². The Morgan fingerprint density at radius 3 is 2.90 bits per heavy atom. The third-order valence-corrected chi connectivity index (χ3v) is 3.80. The van der Waals surface area contributed by atoms with Gasteiger partial charge in [-0.05, 0) is 17.7 Å². The lowest BCUT2D eigenvalue weighted by Gasteiger charge is -2.27. The highest BCUT2D eigenvalue weighted by Crippen LogP contribution is 2.31. The number of hydrogen-bond donors (Lipinski definition) is 1. The summed E-state index contributed by atoms with van der Waals surface area (Å²) in [5.41, 5.74) is 2.32. The van der Waals surface area contributed by atoms with Gasteiger partial charge in [-0.1, -0.05) is 6.07 Å². The molecule has 0 radical (unpaired) electrons. The molecule has 0 bridgehead atoms. The van der Waals surface area contributed by atoms with Crippen LogP contribution in [0.2, 0.25) is 0 Å². The van der Waals surface area contributed by atoms with Gasteiger partial charge >= 0.3 is 0 Å². The maximum atomic E-state index is 10.5. The molecule has 1 saturated heterocycles. The maximum Gasteiger partial charge on any atom is 0.146 e. The number of benzene rings is 1. The van der Waals surface area contributed by atoms with Crippen molar-refractivity contribution in [2.75, 3.05) is 26.3 Å². The van der Waals surface area contributed by atoms with Gasteiger partial charge in [-0.15, -0.1) is 0 Å². The van der Waals surface area contributed by atoms with E-state index in [-0.39, 0.29) is 5.75 Å². The van der Waals surface area contributed by atoms with Crippen LogP contribution in [0.3, 0.4) is 0 Å². The molecule has 1 fully saturated rings. The van der Waals surface area contributed by atoms with Gasteiger partial charge in [0.25, 0.3) is 0 Å². The Labute approximate surface area is 123 Å². The van der Waals surface area contributed by atoms with Crippen LogP contribution in [-0.4, -0.2) is 41.3 Å². The average Bonchev–Trinajstić information content (AvgIpc) is 2.53. The van der Waals surface area contributed by atoms with Gasteiger partial charge in [-0.3, -0.25) is 9.88 Å². The molecule has 1 N–H and O–H groups in total. The lowest BCUT2D eigenvalue weighted by molar-refractivity contribution is 0.0339. The first-order valence-corrected chi connectivity index (χ1v) is 7.05. The highest BCUT2D eigenvalue weighted by atomic mass is 16.5. The second-order valence-corrected chi connectivity index (χ2v) is 5.17. The van der Waals surface area contributed by atoms with Gasteiger partial charge in [0.15, 0.2) is 0 Å². The SMILES string of the molecule is N#CCc1cc(CN2CCOCC2)c(O)c2ncccc12. The van der Waals surface area contributed by atoms with Crippen LogP contribution in [0.5, 0.6) is 5.75 Å². The van der Waals surface area contributed by atoms with Crippen molar-refractivity contribution in [1.82, 2.24) is 9.88 Å². The minimum Gasteiger partial charge on any atom is -0.505 e. The van der Waals surface area contributed by atoms with Crippen molar-refractivity contribution in [2.45, 2.75) is 13.0 Å². The van der Waals surface area contributed by atoms with E-state index in [1.807, 2.05) is 18.2 Å². The van der Waals surface area contributed by atoms with Crippen molar-refractivity contribution in [3.63, 3.8) is 0 Å². The second kappa shape index (κ2) is 6.08. The van der Waals surface area contributed by atoms with Gasteiger partial charge < -0.3 is 9.84 Å². The zero-order valence-corrected chi connectivity index (χ0v) is 11.7. The summed E-state index contributed by atoms with van der Waals surface area (Å²) in [6.45, 7) is 3.80. The molecule has 2 aromatic rings. The second-order valence-electron chi connectivity index (χ2n) is 5.17. The first kappa shape index (κ1) is 13.8. The number of aromatic nitrogens is 1. The van der Waals surface area contributed by atoms with Crippen molar-refractivity contribution in [1.29, 1.82) is 5.26 Å². The zero-order chi connectivity index (χ0) is 14.7. The first-order valence-electron chi connectivity index (χ1n) is 7.05. The van der Waals surface area contributed by atoms with E-state index in [1.165, 1.54) is 0 Å². The number of phenols is 1. The number of ether oxygens (including phenoxy) is 1. The molecule has 0 aliphatic carbocycles. The largest absolute Gasteiger partial charge is 0.505 e. The standard InChI is InChI=1S/C16H17N3O2/c17-4-3-12-10-13(11-19-6-8-21-9-7-19)16(20)15-14(12)2-1-5-18-15/h1-2,5,10,20H,3,6-9,11H2. The highest BCUT2D eigenvalue weighted by Gasteiger charge is 2.16. The van der Waals surface area contributed by atoms with Gasteiger partial charge in [-0.25, -0.2) is 0 Å². The van der Waals surface area contributed by atoms with Gasteiger partial charge in [-0.2, -0.15) is 5.26 Å². The molecule has 0 saturated carbocycles. The molecule has 0 unspecified atom stereocenters.